The molecule has 1 aliphatic heterocycles. The normalized spacial score (nSPS) is 13.8. The summed E-state index contributed by atoms with van der Waals surface area (Å²) >= 11 is 0. The highest BCUT2D eigenvalue weighted by molar-refractivity contribution is 6.21. The molecule has 0 atom stereocenters. The number of carbonyl (C=O) groups excluding carboxylic acids is 2. The first-order chi connectivity index (χ1) is 10.6. The van der Waals surface area contributed by atoms with Crippen molar-refractivity contribution in [3.05, 3.63) is 35.1 Å². The molecule has 2 rings (SSSR count). The maximum absolute atomic E-state index is 13.2. The number of halogens is 1. The highest BCUT2D eigenvalue weighted by Gasteiger charge is 2.35. The number of hydrogen-bond acceptors (Lipinski definition) is 2. The van der Waals surface area contributed by atoms with Gasteiger partial charge in [0.2, 0.25) is 0 Å². The number of fused-ring (bicyclic) bond motifs is 1. The van der Waals surface area contributed by atoms with E-state index in [9.17, 15) is 14.0 Å². The molecule has 22 heavy (non-hydrogen) atoms. The van der Waals surface area contributed by atoms with Gasteiger partial charge in [0.25, 0.3) is 11.8 Å². The van der Waals surface area contributed by atoms with Crippen LogP contribution in [0.3, 0.4) is 0 Å². The van der Waals surface area contributed by atoms with Gasteiger partial charge in [0.15, 0.2) is 0 Å². The van der Waals surface area contributed by atoms with Crippen molar-refractivity contribution in [2.75, 3.05) is 6.54 Å². The molecule has 120 valence electrons. The second-order valence-electron chi connectivity index (χ2n) is 5.93. The third kappa shape index (κ3) is 3.93. The van der Waals surface area contributed by atoms with Gasteiger partial charge in [-0.25, -0.2) is 4.39 Å². The third-order valence-corrected chi connectivity index (χ3v) is 4.17. The Labute approximate surface area is 131 Å². The van der Waals surface area contributed by atoms with Crippen LogP contribution in [0.4, 0.5) is 4.39 Å². The maximum Gasteiger partial charge on any atom is 0.261 e. The smallest absolute Gasteiger partial charge is 0.261 e. The Balaban J connectivity index is 1.74. The Hall–Kier alpha value is -1.71. The lowest BCUT2D eigenvalue weighted by atomic mass is 10.1. The summed E-state index contributed by atoms with van der Waals surface area (Å²) in [5, 5.41) is 0. The van der Waals surface area contributed by atoms with Gasteiger partial charge in [0, 0.05) is 6.54 Å². The summed E-state index contributed by atoms with van der Waals surface area (Å²) in [4.78, 5) is 25.5. The van der Waals surface area contributed by atoms with Crippen LogP contribution in [0.5, 0.6) is 0 Å². The zero-order valence-electron chi connectivity index (χ0n) is 13.2. The van der Waals surface area contributed by atoms with Crippen LogP contribution >= 0.6 is 0 Å². The van der Waals surface area contributed by atoms with Crippen LogP contribution in [0.15, 0.2) is 18.2 Å². The summed E-state index contributed by atoms with van der Waals surface area (Å²) in [5.41, 5.74) is 0.524. The van der Waals surface area contributed by atoms with Crippen LogP contribution in [-0.4, -0.2) is 23.3 Å². The largest absolute Gasteiger partial charge is 0.274 e. The van der Waals surface area contributed by atoms with Gasteiger partial charge in [-0.15, -0.1) is 0 Å². The van der Waals surface area contributed by atoms with E-state index in [0.717, 1.165) is 25.3 Å². The molecule has 0 aromatic heterocycles. The standard InChI is InChI=1S/C18H24FNO2/c1-2-3-4-5-6-7-8-9-12-20-17(21)15-11-10-14(19)13-16(15)18(20)22/h10-11,13H,2-9,12H2,1H3. The lowest BCUT2D eigenvalue weighted by molar-refractivity contribution is 0.0651. The van der Waals surface area contributed by atoms with E-state index in [1.807, 2.05) is 0 Å². The molecule has 4 heteroatoms. The number of nitrogens with zero attached hydrogens (tertiary/aromatic N) is 1. The Kier molecular flexibility index (Phi) is 6.10. The molecule has 0 fully saturated rings. The molecule has 0 N–H and O–H groups in total. The molecule has 0 saturated carbocycles. The fourth-order valence-corrected chi connectivity index (χ4v) is 2.87. The van der Waals surface area contributed by atoms with E-state index in [2.05, 4.69) is 6.92 Å². The number of carbonyl (C=O) groups is 2. The van der Waals surface area contributed by atoms with Gasteiger partial charge in [0.05, 0.1) is 11.1 Å². The quantitative estimate of drug-likeness (QED) is 0.495. The van der Waals surface area contributed by atoms with Crippen LogP contribution in [0.1, 0.15) is 79.0 Å². The van der Waals surface area contributed by atoms with Gasteiger partial charge in [-0.05, 0) is 24.6 Å². The van der Waals surface area contributed by atoms with Crippen LogP contribution in [0.25, 0.3) is 0 Å². The number of rotatable bonds is 9. The van der Waals surface area contributed by atoms with E-state index in [1.165, 1.54) is 49.1 Å². The minimum absolute atomic E-state index is 0.199. The number of imide groups is 1. The summed E-state index contributed by atoms with van der Waals surface area (Å²) < 4.78 is 13.2. The molecule has 0 radical (unpaired) electrons. The van der Waals surface area contributed by atoms with Gasteiger partial charge in [0.1, 0.15) is 5.82 Å². The van der Waals surface area contributed by atoms with Crippen molar-refractivity contribution >= 4 is 11.8 Å². The van der Waals surface area contributed by atoms with Gasteiger partial charge in [-0.3, -0.25) is 14.5 Å². The monoisotopic (exact) mass is 305 g/mol. The number of amides is 2. The van der Waals surface area contributed by atoms with E-state index < -0.39 is 5.82 Å². The van der Waals surface area contributed by atoms with Crippen molar-refractivity contribution in [2.24, 2.45) is 0 Å². The SMILES string of the molecule is CCCCCCCCCCN1C(=O)c2ccc(F)cc2C1=O. The second kappa shape index (κ2) is 8.06. The molecule has 1 aromatic carbocycles. The van der Waals surface area contributed by atoms with E-state index in [4.69, 9.17) is 0 Å². The van der Waals surface area contributed by atoms with Crippen LogP contribution in [-0.2, 0) is 0 Å². The second-order valence-corrected chi connectivity index (χ2v) is 5.93. The Bertz CT molecular complexity index is 542. The van der Waals surface area contributed by atoms with Crippen molar-refractivity contribution in [3.63, 3.8) is 0 Å². The fraction of sp³-hybridized carbons (Fsp3) is 0.556. The summed E-state index contributed by atoms with van der Waals surface area (Å²) in [7, 11) is 0. The molecule has 1 aromatic rings. The van der Waals surface area contributed by atoms with E-state index in [1.54, 1.807) is 0 Å². The van der Waals surface area contributed by atoms with Crippen molar-refractivity contribution in [1.82, 2.24) is 4.90 Å². The van der Waals surface area contributed by atoms with Gasteiger partial charge < -0.3 is 0 Å². The molecule has 2 amide bonds. The Morgan fingerprint density at radius 1 is 0.864 bits per heavy atom. The van der Waals surface area contributed by atoms with Crippen molar-refractivity contribution < 1.29 is 14.0 Å². The third-order valence-electron chi connectivity index (χ3n) is 4.17. The molecule has 0 unspecified atom stereocenters. The van der Waals surface area contributed by atoms with Crippen molar-refractivity contribution in [1.29, 1.82) is 0 Å². The summed E-state index contributed by atoms with van der Waals surface area (Å²) in [6.45, 7) is 2.64. The number of unbranched alkanes of at least 4 members (excludes halogenated alkanes) is 7. The topological polar surface area (TPSA) is 37.4 Å². The highest BCUT2D eigenvalue weighted by atomic mass is 19.1. The highest BCUT2D eigenvalue weighted by Crippen LogP contribution is 2.24. The first-order valence-electron chi connectivity index (χ1n) is 8.31. The number of benzene rings is 1. The average molecular weight is 305 g/mol. The molecular weight excluding hydrogens is 281 g/mol. The van der Waals surface area contributed by atoms with E-state index in [0.29, 0.717) is 12.1 Å². The Morgan fingerprint density at radius 3 is 2.14 bits per heavy atom. The maximum atomic E-state index is 13.2. The zero-order valence-corrected chi connectivity index (χ0v) is 13.2. The zero-order chi connectivity index (χ0) is 15.9. The summed E-state index contributed by atoms with van der Waals surface area (Å²) in [5.74, 6) is -1.13. The summed E-state index contributed by atoms with van der Waals surface area (Å²) in [6.07, 6.45) is 9.30. The first kappa shape index (κ1) is 16.7. The van der Waals surface area contributed by atoms with Crippen molar-refractivity contribution in [3.8, 4) is 0 Å². The predicted octanol–water partition coefficient (Wildman–Crippen LogP) is 4.56. The van der Waals surface area contributed by atoms with Gasteiger partial charge >= 0.3 is 0 Å². The fourth-order valence-electron chi connectivity index (χ4n) is 2.87. The minimum Gasteiger partial charge on any atom is -0.274 e. The molecule has 0 bridgehead atoms. The molecule has 1 aliphatic rings. The predicted molar refractivity (Wildman–Crippen MR) is 84.4 cm³/mol. The Morgan fingerprint density at radius 2 is 1.45 bits per heavy atom. The van der Waals surface area contributed by atoms with Gasteiger partial charge in [-0.2, -0.15) is 0 Å². The molecule has 0 aliphatic carbocycles. The van der Waals surface area contributed by atoms with Crippen LogP contribution in [0, 0.1) is 5.82 Å². The van der Waals surface area contributed by atoms with Crippen molar-refractivity contribution in [2.45, 2.75) is 58.3 Å². The van der Waals surface area contributed by atoms with Crippen LogP contribution < -0.4 is 0 Å². The number of hydrogen-bond donors (Lipinski definition) is 0. The van der Waals surface area contributed by atoms with Gasteiger partial charge in [-0.1, -0.05) is 51.9 Å². The molecule has 0 spiro atoms. The van der Waals surface area contributed by atoms with E-state index in [-0.39, 0.29) is 17.4 Å². The first-order valence-corrected chi connectivity index (χ1v) is 8.31. The molecule has 0 saturated heterocycles. The average Bonchev–Trinajstić information content (AvgIpc) is 2.74. The molecule has 3 nitrogen and oxygen atoms in total. The molecular formula is C18H24FNO2. The minimum atomic E-state index is -0.478. The lowest BCUT2D eigenvalue weighted by Gasteiger charge is -2.13. The molecule has 1 heterocycles. The van der Waals surface area contributed by atoms with Crippen LogP contribution in [0.2, 0.25) is 0 Å². The lowest BCUT2D eigenvalue weighted by Crippen LogP contribution is -2.30. The summed E-state index contributed by atoms with van der Waals surface area (Å²) in [6, 6.07) is 3.78. The van der Waals surface area contributed by atoms with E-state index >= 15 is 0 Å².